The van der Waals surface area contributed by atoms with E-state index in [4.69, 9.17) is 4.74 Å². The van der Waals surface area contributed by atoms with Crippen molar-refractivity contribution < 1.29 is 28.2 Å². The molecule has 2 heterocycles. The summed E-state index contributed by atoms with van der Waals surface area (Å²) in [6, 6.07) is 14.6. The zero-order chi connectivity index (χ0) is 25.4. The largest absolute Gasteiger partial charge is 0.507 e. The number of halogens is 2. The van der Waals surface area contributed by atoms with Crippen LogP contribution in [-0.2, 0) is 9.59 Å². The summed E-state index contributed by atoms with van der Waals surface area (Å²) in [7, 11) is 0. The number of aliphatic hydroxyl groups excluding tert-OH is 1. The van der Waals surface area contributed by atoms with Crippen molar-refractivity contribution in [3.8, 4) is 5.75 Å². The second-order valence-corrected chi connectivity index (χ2v) is 8.96. The molecule has 180 valence electrons. The first-order valence-corrected chi connectivity index (χ1v) is 11.7. The molecule has 0 unspecified atom stereocenters. The van der Waals surface area contributed by atoms with Crippen LogP contribution >= 0.6 is 11.3 Å². The number of carbonyl (C=O) groups excluding carboxylic acids is 2. The normalized spacial score (nSPS) is 17.1. The van der Waals surface area contributed by atoms with Gasteiger partial charge in [-0.1, -0.05) is 36.1 Å². The van der Waals surface area contributed by atoms with E-state index in [-0.39, 0.29) is 16.3 Å². The maximum atomic E-state index is 13.8. The van der Waals surface area contributed by atoms with E-state index in [2.05, 4.69) is 11.6 Å². The van der Waals surface area contributed by atoms with Crippen molar-refractivity contribution >= 4 is 44.1 Å². The number of anilines is 1. The first-order valence-electron chi connectivity index (χ1n) is 10.8. The standard InChI is InChI=1S/C27H18F2N2O4S/c1-2-13-35-19-10-5-15(6-11-19)23-22(24(32)16-3-7-17(28)8-4-16)25(33)26(34)31(23)27-30-20-12-9-18(29)14-21(20)36-27/h2-12,14,23,32H,1,13H2/b24-22+/t23-/m1/s1. The number of nitrogens with zero attached hydrogens (tertiary/aromatic N) is 2. The number of aromatic nitrogens is 1. The number of aliphatic hydroxyl groups is 1. The monoisotopic (exact) mass is 504 g/mol. The number of amides is 1. The van der Waals surface area contributed by atoms with Crippen molar-refractivity contribution in [1.29, 1.82) is 0 Å². The molecule has 1 aliphatic rings. The van der Waals surface area contributed by atoms with Crippen LogP contribution in [0, 0.1) is 11.6 Å². The summed E-state index contributed by atoms with van der Waals surface area (Å²) in [5.41, 5.74) is 0.978. The summed E-state index contributed by atoms with van der Waals surface area (Å²) in [6.45, 7) is 3.91. The van der Waals surface area contributed by atoms with Gasteiger partial charge >= 0.3 is 5.91 Å². The van der Waals surface area contributed by atoms with Crippen molar-refractivity contribution in [2.45, 2.75) is 6.04 Å². The molecule has 1 amide bonds. The number of Topliss-reactive ketones (excluding diaryl/α,β-unsaturated/α-hetero) is 1. The molecule has 1 N–H and O–H groups in total. The molecule has 1 fully saturated rings. The average Bonchev–Trinajstić information content (AvgIpc) is 3.40. The van der Waals surface area contributed by atoms with Gasteiger partial charge in [-0.2, -0.15) is 0 Å². The van der Waals surface area contributed by atoms with Gasteiger partial charge in [0.05, 0.1) is 21.8 Å². The fraction of sp³-hybridized carbons (Fsp3) is 0.0741. The highest BCUT2D eigenvalue weighted by Gasteiger charge is 2.48. The molecule has 0 bridgehead atoms. The number of ketones is 1. The second-order valence-electron chi connectivity index (χ2n) is 7.95. The predicted octanol–water partition coefficient (Wildman–Crippen LogP) is 5.77. The van der Waals surface area contributed by atoms with Crippen LogP contribution in [-0.4, -0.2) is 28.4 Å². The summed E-state index contributed by atoms with van der Waals surface area (Å²) in [5.74, 6) is -2.68. The minimum atomic E-state index is -1.03. The molecule has 4 aromatic rings. The van der Waals surface area contributed by atoms with Crippen LogP contribution in [0.25, 0.3) is 16.0 Å². The van der Waals surface area contributed by atoms with Crippen molar-refractivity contribution in [2.75, 3.05) is 11.5 Å². The van der Waals surface area contributed by atoms with Crippen LogP contribution in [0.15, 0.2) is 85.0 Å². The Balaban J connectivity index is 1.68. The Kier molecular flexibility index (Phi) is 6.07. The van der Waals surface area contributed by atoms with E-state index in [0.29, 0.717) is 28.1 Å². The first kappa shape index (κ1) is 23.4. The zero-order valence-corrected chi connectivity index (χ0v) is 19.5. The third kappa shape index (κ3) is 4.14. The first-order chi connectivity index (χ1) is 17.4. The van der Waals surface area contributed by atoms with Gasteiger partial charge in [0.15, 0.2) is 5.13 Å². The topological polar surface area (TPSA) is 79.7 Å². The van der Waals surface area contributed by atoms with Crippen LogP contribution in [0.5, 0.6) is 5.75 Å². The molecule has 1 aliphatic heterocycles. The molecule has 5 rings (SSSR count). The SMILES string of the molecule is C=CCOc1ccc([C@@H]2/C(=C(\O)c3ccc(F)cc3)C(=O)C(=O)N2c2nc3ccc(F)cc3s2)cc1. The Labute approximate surface area is 208 Å². The third-order valence-electron chi connectivity index (χ3n) is 5.67. The minimum absolute atomic E-state index is 0.170. The minimum Gasteiger partial charge on any atom is -0.507 e. The molecule has 0 aliphatic carbocycles. The molecule has 1 atom stereocenters. The van der Waals surface area contributed by atoms with Crippen LogP contribution < -0.4 is 9.64 Å². The van der Waals surface area contributed by atoms with Crippen molar-refractivity contribution in [1.82, 2.24) is 4.98 Å². The highest BCUT2D eigenvalue weighted by atomic mass is 32.1. The Morgan fingerprint density at radius 1 is 1.06 bits per heavy atom. The van der Waals surface area contributed by atoms with Gasteiger partial charge in [-0.05, 0) is 60.2 Å². The zero-order valence-electron chi connectivity index (χ0n) is 18.7. The van der Waals surface area contributed by atoms with E-state index >= 15 is 0 Å². The van der Waals surface area contributed by atoms with Crippen molar-refractivity contribution in [2.24, 2.45) is 0 Å². The van der Waals surface area contributed by atoms with Crippen molar-refractivity contribution in [3.63, 3.8) is 0 Å². The number of thiazole rings is 1. The van der Waals surface area contributed by atoms with E-state index < -0.39 is 35.1 Å². The molecule has 1 aromatic heterocycles. The number of hydrogen-bond donors (Lipinski definition) is 1. The lowest BCUT2D eigenvalue weighted by atomic mass is 9.95. The summed E-state index contributed by atoms with van der Waals surface area (Å²) in [4.78, 5) is 32.1. The van der Waals surface area contributed by atoms with Gasteiger partial charge in [0.1, 0.15) is 29.8 Å². The van der Waals surface area contributed by atoms with Crippen LogP contribution in [0.2, 0.25) is 0 Å². The number of benzene rings is 3. The van der Waals surface area contributed by atoms with Gasteiger partial charge in [0.25, 0.3) is 5.78 Å². The molecule has 9 heteroatoms. The Bertz CT molecular complexity index is 1530. The number of rotatable bonds is 6. The lowest BCUT2D eigenvalue weighted by Crippen LogP contribution is -2.29. The molecule has 0 saturated carbocycles. The molecule has 1 saturated heterocycles. The third-order valence-corrected chi connectivity index (χ3v) is 6.69. The van der Waals surface area contributed by atoms with E-state index in [1.165, 1.54) is 35.2 Å². The summed E-state index contributed by atoms with van der Waals surface area (Å²) in [5, 5.41) is 11.3. The second kappa shape index (κ2) is 9.35. The predicted molar refractivity (Wildman–Crippen MR) is 133 cm³/mol. The highest BCUT2D eigenvalue weighted by Crippen LogP contribution is 2.44. The van der Waals surface area contributed by atoms with Gasteiger partial charge in [-0.25, -0.2) is 13.8 Å². The van der Waals surface area contributed by atoms with Crippen LogP contribution in [0.4, 0.5) is 13.9 Å². The molecule has 3 aromatic carbocycles. The number of fused-ring (bicyclic) bond motifs is 1. The Hall–Kier alpha value is -4.37. The molecule has 0 spiro atoms. The lowest BCUT2D eigenvalue weighted by molar-refractivity contribution is -0.132. The van der Waals surface area contributed by atoms with E-state index in [0.717, 1.165) is 23.5 Å². The molecule has 36 heavy (non-hydrogen) atoms. The molecule has 6 nitrogen and oxygen atoms in total. The van der Waals surface area contributed by atoms with Gasteiger partial charge in [-0.3, -0.25) is 14.5 Å². The maximum absolute atomic E-state index is 13.8. The van der Waals surface area contributed by atoms with E-state index in [9.17, 15) is 23.5 Å². The van der Waals surface area contributed by atoms with Gasteiger partial charge < -0.3 is 9.84 Å². The molecular formula is C27H18F2N2O4S. The fourth-order valence-electron chi connectivity index (χ4n) is 4.00. The molecule has 0 radical (unpaired) electrons. The average molecular weight is 505 g/mol. The number of hydrogen-bond acceptors (Lipinski definition) is 6. The van der Waals surface area contributed by atoms with Gasteiger partial charge in [0, 0.05) is 5.56 Å². The van der Waals surface area contributed by atoms with E-state index in [1.807, 2.05) is 0 Å². The van der Waals surface area contributed by atoms with Gasteiger partial charge in [-0.15, -0.1) is 0 Å². The quantitative estimate of drug-likeness (QED) is 0.156. The highest BCUT2D eigenvalue weighted by molar-refractivity contribution is 7.22. The summed E-state index contributed by atoms with van der Waals surface area (Å²) in [6.07, 6.45) is 1.60. The summed E-state index contributed by atoms with van der Waals surface area (Å²) < 4.78 is 33.3. The smallest absolute Gasteiger partial charge is 0.301 e. The molecular weight excluding hydrogens is 486 g/mol. The van der Waals surface area contributed by atoms with Crippen molar-refractivity contribution in [3.05, 3.63) is 108 Å². The summed E-state index contributed by atoms with van der Waals surface area (Å²) >= 11 is 1.05. The number of ether oxygens (including phenoxy) is 1. The van der Waals surface area contributed by atoms with Gasteiger partial charge in [0.2, 0.25) is 0 Å². The van der Waals surface area contributed by atoms with E-state index in [1.54, 1.807) is 30.3 Å². The maximum Gasteiger partial charge on any atom is 0.301 e. The van der Waals surface area contributed by atoms with Crippen LogP contribution in [0.1, 0.15) is 17.2 Å². The lowest BCUT2D eigenvalue weighted by Gasteiger charge is -2.23. The Morgan fingerprint density at radius 2 is 1.75 bits per heavy atom. The number of carbonyl (C=O) groups is 2. The Morgan fingerprint density at radius 3 is 2.44 bits per heavy atom. The van der Waals surface area contributed by atoms with Crippen LogP contribution in [0.3, 0.4) is 0 Å². The fourth-order valence-corrected chi connectivity index (χ4v) is 5.02.